The summed E-state index contributed by atoms with van der Waals surface area (Å²) in [4.78, 5) is 29.6. The maximum absolute atomic E-state index is 12.7. The second-order valence-corrected chi connectivity index (χ2v) is 6.24. The van der Waals surface area contributed by atoms with Crippen molar-refractivity contribution < 1.29 is 19.4 Å². The summed E-state index contributed by atoms with van der Waals surface area (Å²) >= 11 is 6.02. The molecule has 2 aromatic rings. The number of pyridine rings is 1. The average molecular weight is 361 g/mol. The summed E-state index contributed by atoms with van der Waals surface area (Å²) < 4.78 is 5.76. The highest BCUT2D eigenvalue weighted by atomic mass is 35.5. The third kappa shape index (κ3) is 3.81. The first kappa shape index (κ1) is 17.4. The molecule has 1 saturated heterocycles. The fraction of sp³-hybridized carbons (Fsp3) is 0.278. The summed E-state index contributed by atoms with van der Waals surface area (Å²) in [5, 5.41) is 9.68. The van der Waals surface area contributed by atoms with Crippen LogP contribution in [0.5, 0.6) is 0 Å². The van der Waals surface area contributed by atoms with E-state index in [1.165, 1.54) is 12.1 Å². The third-order valence-electron chi connectivity index (χ3n) is 4.11. The first-order valence-electron chi connectivity index (χ1n) is 7.83. The molecule has 0 bridgehead atoms. The smallest absolute Gasteiger partial charge is 0.337 e. The van der Waals surface area contributed by atoms with Crippen LogP contribution in [0.25, 0.3) is 0 Å². The van der Waals surface area contributed by atoms with Crippen molar-refractivity contribution >= 4 is 23.5 Å². The molecule has 7 heteroatoms. The summed E-state index contributed by atoms with van der Waals surface area (Å²) in [6.07, 6.45) is -0.254. The van der Waals surface area contributed by atoms with Crippen LogP contribution in [0.15, 0.2) is 36.4 Å². The number of aryl methyl sites for hydroxylation is 1. The molecule has 1 aromatic carbocycles. The highest BCUT2D eigenvalue weighted by molar-refractivity contribution is 6.30. The van der Waals surface area contributed by atoms with Crippen molar-refractivity contribution in [2.45, 2.75) is 13.0 Å². The molecule has 130 valence electrons. The number of nitrogens with zero attached hydrogens (tertiary/aromatic N) is 2. The molecule has 1 aliphatic heterocycles. The van der Waals surface area contributed by atoms with Gasteiger partial charge in [-0.3, -0.25) is 4.79 Å². The lowest BCUT2D eigenvalue weighted by molar-refractivity contribution is -0.0230. The molecule has 6 nitrogen and oxygen atoms in total. The molecule has 1 N–H and O–H groups in total. The summed E-state index contributed by atoms with van der Waals surface area (Å²) in [5.41, 5.74) is 1.55. The molecule has 2 heterocycles. The monoisotopic (exact) mass is 360 g/mol. The van der Waals surface area contributed by atoms with Gasteiger partial charge in [-0.15, -0.1) is 0 Å². The summed E-state index contributed by atoms with van der Waals surface area (Å²) in [6.45, 7) is 2.83. The zero-order chi connectivity index (χ0) is 18.0. The fourth-order valence-electron chi connectivity index (χ4n) is 2.81. The third-order valence-corrected chi connectivity index (χ3v) is 4.34. The van der Waals surface area contributed by atoms with Crippen molar-refractivity contribution in [3.63, 3.8) is 0 Å². The quantitative estimate of drug-likeness (QED) is 0.910. The van der Waals surface area contributed by atoms with Gasteiger partial charge in [0.05, 0.1) is 24.4 Å². The molecule has 0 aliphatic carbocycles. The molecule has 1 amide bonds. The Bertz CT molecular complexity index is 824. The Morgan fingerprint density at radius 3 is 2.80 bits per heavy atom. The van der Waals surface area contributed by atoms with Gasteiger partial charge in [0.2, 0.25) is 0 Å². The molecular weight excluding hydrogens is 344 g/mol. The molecule has 1 fully saturated rings. The van der Waals surface area contributed by atoms with Crippen LogP contribution in [0.2, 0.25) is 5.02 Å². The lowest BCUT2D eigenvalue weighted by Crippen LogP contribution is -2.42. The highest BCUT2D eigenvalue weighted by Gasteiger charge is 2.27. The van der Waals surface area contributed by atoms with Crippen LogP contribution in [0.1, 0.15) is 38.2 Å². The molecule has 1 atom stereocenters. The number of carbonyl (C=O) groups is 2. The minimum Gasteiger partial charge on any atom is -0.478 e. The van der Waals surface area contributed by atoms with Gasteiger partial charge in [0.1, 0.15) is 11.8 Å². The number of halogens is 1. The first-order chi connectivity index (χ1) is 12.0. The molecule has 3 rings (SSSR count). The lowest BCUT2D eigenvalue weighted by atomic mass is 10.1. The Morgan fingerprint density at radius 1 is 1.32 bits per heavy atom. The number of aromatic carboxylic acids is 1. The lowest BCUT2D eigenvalue weighted by Gasteiger charge is -2.33. The molecule has 25 heavy (non-hydrogen) atoms. The number of amides is 1. The average Bonchev–Trinajstić information content (AvgIpc) is 2.61. The van der Waals surface area contributed by atoms with Crippen LogP contribution in [0.3, 0.4) is 0 Å². The Balaban J connectivity index is 1.78. The minimum atomic E-state index is -1.06. The van der Waals surface area contributed by atoms with Crippen LogP contribution >= 0.6 is 11.6 Å². The Kier molecular flexibility index (Phi) is 5.01. The van der Waals surface area contributed by atoms with Gasteiger partial charge < -0.3 is 14.7 Å². The summed E-state index contributed by atoms with van der Waals surface area (Å²) in [5.74, 6) is -1.30. The topological polar surface area (TPSA) is 79.7 Å². The van der Waals surface area contributed by atoms with Crippen molar-refractivity contribution in [1.82, 2.24) is 9.88 Å². The fourth-order valence-corrected chi connectivity index (χ4v) is 3.01. The molecule has 1 aromatic heterocycles. The van der Waals surface area contributed by atoms with Gasteiger partial charge in [0, 0.05) is 11.6 Å². The van der Waals surface area contributed by atoms with E-state index in [4.69, 9.17) is 21.4 Å². The predicted octanol–water partition coefficient (Wildman–Crippen LogP) is 2.96. The van der Waals surface area contributed by atoms with E-state index < -0.39 is 5.97 Å². The van der Waals surface area contributed by atoms with Gasteiger partial charge in [-0.2, -0.15) is 0 Å². The van der Waals surface area contributed by atoms with Crippen molar-refractivity contribution in [2.24, 2.45) is 0 Å². The number of hydrogen-bond donors (Lipinski definition) is 1. The van der Waals surface area contributed by atoms with E-state index in [-0.39, 0.29) is 23.3 Å². The number of morpholine rings is 1. The van der Waals surface area contributed by atoms with E-state index >= 15 is 0 Å². The van der Waals surface area contributed by atoms with Gasteiger partial charge in [-0.05, 0) is 36.8 Å². The summed E-state index contributed by atoms with van der Waals surface area (Å²) in [7, 11) is 0. The van der Waals surface area contributed by atoms with E-state index in [0.29, 0.717) is 30.4 Å². The predicted molar refractivity (Wildman–Crippen MR) is 92.0 cm³/mol. The van der Waals surface area contributed by atoms with Gasteiger partial charge in [-0.1, -0.05) is 23.7 Å². The molecule has 0 radical (unpaired) electrons. The van der Waals surface area contributed by atoms with E-state index in [9.17, 15) is 9.59 Å². The maximum atomic E-state index is 12.7. The second kappa shape index (κ2) is 7.21. The molecular formula is C18H17ClN2O4. The van der Waals surface area contributed by atoms with Gasteiger partial charge in [0.25, 0.3) is 5.91 Å². The molecule has 0 spiro atoms. The number of benzene rings is 1. The van der Waals surface area contributed by atoms with Crippen molar-refractivity contribution in [1.29, 1.82) is 0 Å². The number of carboxylic acids is 1. The zero-order valence-electron chi connectivity index (χ0n) is 13.6. The van der Waals surface area contributed by atoms with Crippen LogP contribution in [-0.4, -0.2) is 46.6 Å². The van der Waals surface area contributed by atoms with Crippen LogP contribution in [0, 0.1) is 6.92 Å². The van der Waals surface area contributed by atoms with E-state index in [0.717, 1.165) is 5.56 Å². The van der Waals surface area contributed by atoms with Gasteiger partial charge in [0.15, 0.2) is 0 Å². The minimum absolute atomic E-state index is 0.0929. The number of hydrogen-bond acceptors (Lipinski definition) is 4. The van der Waals surface area contributed by atoms with Gasteiger partial charge in [-0.25, -0.2) is 9.78 Å². The van der Waals surface area contributed by atoms with Crippen LogP contribution in [-0.2, 0) is 4.74 Å². The number of rotatable bonds is 3. The van der Waals surface area contributed by atoms with Crippen molar-refractivity contribution in [3.05, 3.63) is 63.9 Å². The van der Waals surface area contributed by atoms with E-state index in [1.54, 1.807) is 17.9 Å². The second-order valence-electron chi connectivity index (χ2n) is 5.80. The molecule has 1 aliphatic rings. The van der Waals surface area contributed by atoms with Crippen molar-refractivity contribution in [2.75, 3.05) is 19.7 Å². The number of carboxylic acid groups (broad SMARTS) is 1. The number of ether oxygens (including phenoxy) is 1. The van der Waals surface area contributed by atoms with Gasteiger partial charge >= 0.3 is 5.97 Å². The Labute approximate surface area is 150 Å². The Hall–Kier alpha value is -2.44. The van der Waals surface area contributed by atoms with E-state index in [1.807, 2.05) is 18.2 Å². The molecule has 0 saturated carbocycles. The summed E-state index contributed by atoms with van der Waals surface area (Å²) in [6, 6.07) is 10.2. The Morgan fingerprint density at radius 2 is 2.12 bits per heavy atom. The zero-order valence-corrected chi connectivity index (χ0v) is 14.4. The highest BCUT2D eigenvalue weighted by Crippen LogP contribution is 2.25. The van der Waals surface area contributed by atoms with Crippen LogP contribution in [0.4, 0.5) is 0 Å². The molecule has 1 unspecified atom stereocenters. The number of carbonyl (C=O) groups excluding carboxylic acids is 1. The maximum Gasteiger partial charge on any atom is 0.337 e. The van der Waals surface area contributed by atoms with Crippen LogP contribution < -0.4 is 0 Å². The van der Waals surface area contributed by atoms with E-state index in [2.05, 4.69) is 4.98 Å². The largest absolute Gasteiger partial charge is 0.478 e. The first-order valence-corrected chi connectivity index (χ1v) is 8.21. The normalized spacial score (nSPS) is 17.4. The SMILES string of the molecule is Cc1nc(C(=O)N2CCOC(c3cccc(Cl)c3)C2)ccc1C(=O)O. The number of aromatic nitrogens is 1. The standard InChI is InChI=1S/C18H17ClN2O4/c1-11-14(18(23)24)5-6-15(20-11)17(22)21-7-8-25-16(10-21)12-3-2-4-13(19)9-12/h2-6,9,16H,7-8,10H2,1H3,(H,23,24). The van der Waals surface area contributed by atoms with Crippen molar-refractivity contribution in [3.8, 4) is 0 Å².